The highest BCUT2D eigenvalue weighted by molar-refractivity contribution is 5.92. The fourth-order valence-corrected chi connectivity index (χ4v) is 5.32. The Balaban J connectivity index is 2.15. The van der Waals surface area contributed by atoms with Gasteiger partial charge in [0.05, 0.1) is 11.7 Å². The van der Waals surface area contributed by atoms with Gasteiger partial charge in [0.1, 0.15) is 6.10 Å². The summed E-state index contributed by atoms with van der Waals surface area (Å²) in [5.74, 6) is -2.31. The summed E-state index contributed by atoms with van der Waals surface area (Å²) in [6.07, 6.45) is 0.100. The van der Waals surface area contributed by atoms with Gasteiger partial charge < -0.3 is 24.1 Å². The highest BCUT2D eigenvalue weighted by Gasteiger charge is 2.71. The van der Waals surface area contributed by atoms with E-state index >= 15 is 0 Å². The number of hydrogen-bond donors (Lipinski definition) is 1. The number of ether oxygens (including phenoxy) is 4. The fraction of sp³-hybridized carbons (Fsp3) is 0.789. The van der Waals surface area contributed by atoms with Crippen LogP contribution in [0.4, 0.5) is 0 Å². The molecule has 0 amide bonds. The zero-order chi connectivity index (χ0) is 19.5. The molecule has 146 valence electrons. The monoisotopic (exact) mass is 368 g/mol. The van der Waals surface area contributed by atoms with Crippen LogP contribution in [0.5, 0.6) is 0 Å². The smallest absolute Gasteiger partial charge is 0.336 e. The second kappa shape index (κ2) is 6.04. The lowest BCUT2D eigenvalue weighted by Gasteiger charge is -2.62. The van der Waals surface area contributed by atoms with Crippen LogP contribution in [0.2, 0.25) is 0 Å². The van der Waals surface area contributed by atoms with Crippen molar-refractivity contribution < 1.29 is 33.6 Å². The summed E-state index contributed by atoms with van der Waals surface area (Å²) in [4.78, 5) is 23.8. The predicted molar refractivity (Wildman–Crippen MR) is 91.0 cm³/mol. The third-order valence-electron chi connectivity index (χ3n) is 6.94. The molecule has 3 aliphatic rings. The van der Waals surface area contributed by atoms with Crippen LogP contribution in [0, 0.1) is 11.3 Å². The van der Waals surface area contributed by atoms with Gasteiger partial charge in [0.15, 0.2) is 0 Å². The van der Waals surface area contributed by atoms with Crippen molar-refractivity contribution in [3.8, 4) is 0 Å². The molecule has 2 saturated carbocycles. The van der Waals surface area contributed by atoms with E-state index in [-0.39, 0.29) is 24.4 Å². The molecule has 7 heteroatoms. The summed E-state index contributed by atoms with van der Waals surface area (Å²) >= 11 is 0. The van der Waals surface area contributed by atoms with E-state index in [1.165, 1.54) is 14.0 Å². The molecule has 0 saturated heterocycles. The number of carbonyl (C=O) groups is 2. The number of carbonyl (C=O) groups excluding carboxylic acids is 2. The van der Waals surface area contributed by atoms with Crippen LogP contribution < -0.4 is 0 Å². The third-order valence-corrected chi connectivity index (χ3v) is 6.94. The Hall–Kier alpha value is -1.44. The number of esters is 2. The Bertz CT molecular complexity index is 671. The summed E-state index contributed by atoms with van der Waals surface area (Å²) in [5, 5.41) is 11.7. The van der Waals surface area contributed by atoms with Crippen molar-refractivity contribution in [2.45, 2.75) is 70.6 Å². The highest BCUT2D eigenvalue weighted by atomic mass is 16.7. The highest BCUT2D eigenvalue weighted by Crippen LogP contribution is 2.63. The molecule has 0 aromatic carbocycles. The van der Waals surface area contributed by atoms with Crippen molar-refractivity contribution >= 4 is 11.9 Å². The molecule has 0 aromatic rings. The van der Waals surface area contributed by atoms with Gasteiger partial charge in [-0.2, -0.15) is 0 Å². The normalized spacial score (nSPS) is 45.0. The van der Waals surface area contributed by atoms with Gasteiger partial charge in [-0.05, 0) is 19.8 Å². The van der Waals surface area contributed by atoms with Gasteiger partial charge in [-0.1, -0.05) is 13.8 Å². The lowest BCUT2D eigenvalue weighted by atomic mass is 9.49. The van der Waals surface area contributed by atoms with Crippen molar-refractivity contribution in [3.05, 3.63) is 11.1 Å². The lowest BCUT2D eigenvalue weighted by Crippen LogP contribution is -2.70. The Kier molecular flexibility index (Phi) is 4.49. The second-order valence-electron chi connectivity index (χ2n) is 7.97. The molecule has 6 unspecified atom stereocenters. The molecule has 1 aliphatic heterocycles. The van der Waals surface area contributed by atoms with Crippen LogP contribution in [0.1, 0.15) is 47.0 Å². The average Bonchev–Trinajstić information content (AvgIpc) is 2.81. The number of aliphatic hydroxyl groups is 1. The minimum Gasteiger partial charge on any atom is -0.462 e. The maximum Gasteiger partial charge on any atom is 0.336 e. The quantitative estimate of drug-likeness (QED) is 0.759. The van der Waals surface area contributed by atoms with E-state index in [0.717, 1.165) is 0 Å². The third kappa shape index (κ3) is 2.30. The Morgan fingerprint density at radius 2 is 2.00 bits per heavy atom. The van der Waals surface area contributed by atoms with E-state index in [2.05, 4.69) is 0 Å². The van der Waals surface area contributed by atoms with E-state index in [1.807, 2.05) is 13.8 Å². The summed E-state index contributed by atoms with van der Waals surface area (Å²) < 4.78 is 22.6. The largest absolute Gasteiger partial charge is 0.462 e. The molecule has 2 aliphatic carbocycles. The molecule has 0 aromatic heterocycles. The summed E-state index contributed by atoms with van der Waals surface area (Å²) in [5.41, 5.74) is -0.917. The molecular formula is C19H28O7. The minimum absolute atomic E-state index is 0.127. The fourth-order valence-electron chi connectivity index (χ4n) is 5.32. The van der Waals surface area contributed by atoms with E-state index in [0.29, 0.717) is 24.0 Å². The molecule has 6 atom stereocenters. The van der Waals surface area contributed by atoms with Gasteiger partial charge in [-0.15, -0.1) is 0 Å². The number of hydrogen-bond acceptors (Lipinski definition) is 7. The van der Waals surface area contributed by atoms with Gasteiger partial charge in [0, 0.05) is 50.0 Å². The van der Waals surface area contributed by atoms with Crippen LogP contribution in [0.3, 0.4) is 0 Å². The van der Waals surface area contributed by atoms with Gasteiger partial charge >= 0.3 is 11.9 Å². The van der Waals surface area contributed by atoms with Crippen LogP contribution in [0.25, 0.3) is 0 Å². The first-order chi connectivity index (χ1) is 12.1. The molecule has 0 bridgehead atoms. The first kappa shape index (κ1) is 19.3. The van der Waals surface area contributed by atoms with Gasteiger partial charge in [0.2, 0.25) is 5.79 Å². The molecule has 3 rings (SSSR count). The van der Waals surface area contributed by atoms with Crippen molar-refractivity contribution in [3.63, 3.8) is 0 Å². The van der Waals surface area contributed by atoms with Crippen molar-refractivity contribution in [2.75, 3.05) is 14.2 Å². The van der Waals surface area contributed by atoms with Crippen molar-refractivity contribution in [1.82, 2.24) is 0 Å². The van der Waals surface area contributed by atoms with E-state index < -0.39 is 28.9 Å². The van der Waals surface area contributed by atoms with Gasteiger partial charge in [0.25, 0.3) is 0 Å². The van der Waals surface area contributed by atoms with Gasteiger partial charge in [-0.25, -0.2) is 4.79 Å². The topological polar surface area (TPSA) is 91.3 Å². The molecule has 0 radical (unpaired) electrons. The zero-order valence-electron chi connectivity index (χ0n) is 16.3. The Morgan fingerprint density at radius 1 is 1.35 bits per heavy atom. The Morgan fingerprint density at radius 3 is 2.54 bits per heavy atom. The average molecular weight is 368 g/mol. The van der Waals surface area contributed by atoms with Crippen LogP contribution in [0.15, 0.2) is 11.1 Å². The van der Waals surface area contributed by atoms with Crippen LogP contribution >= 0.6 is 0 Å². The van der Waals surface area contributed by atoms with Crippen molar-refractivity contribution in [1.29, 1.82) is 0 Å². The first-order valence-corrected chi connectivity index (χ1v) is 8.98. The summed E-state index contributed by atoms with van der Waals surface area (Å²) in [6.45, 7) is 6.97. The second-order valence-corrected chi connectivity index (χ2v) is 7.97. The predicted octanol–water partition coefficient (Wildman–Crippen LogP) is 1.72. The molecule has 7 nitrogen and oxygen atoms in total. The van der Waals surface area contributed by atoms with Crippen LogP contribution in [-0.2, 0) is 28.5 Å². The molecule has 2 fully saturated rings. The zero-order valence-corrected chi connectivity index (χ0v) is 16.3. The first-order valence-electron chi connectivity index (χ1n) is 8.98. The number of methoxy groups -OCH3 is 2. The summed E-state index contributed by atoms with van der Waals surface area (Å²) in [7, 11) is 3.02. The molecule has 26 heavy (non-hydrogen) atoms. The van der Waals surface area contributed by atoms with E-state index in [9.17, 15) is 14.7 Å². The van der Waals surface area contributed by atoms with E-state index in [4.69, 9.17) is 18.9 Å². The Labute approximate surface area is 153 Å². The van der Waals surface area contributed by atoms with E-state index in [1.54, 1.807) is 14.0 Å². The SMILES string of the molecule is COC1C2=C(C)C(=O)OC2(OC)CC2(O)CCC(OC(C)=O)C(C)C12C. The molecule has 1 N–H and O–H groups in total. The molecule has 0 spiro atoms. The number of fused-ring (bicyclic) bond motifs is 2. The maximum absolute atomic E-state index is 12.3. The minimum atomic E-state index is -1.32. The maximum atomic E-state index is 12.3. The molecular weight excluding hydrogens is 340 g/mol. The lowest BCUT2D eigenvalue weighted by molar-refractivity contribution is -0.292. The standard InChI is InChI=1S/C19H28O7/c1-10-14-15(23-5)17(4)11(2)13(25-12(3)20)7-8-18(17,22)9-19(14,24-6)26-16(10)21/h11,13,15,22H,7-9H2,1-6H3. The molecule has 1 heterocycles. The van der Waals surface area contributed by atoms with Crippen LogP contribution in [-0.4, -0.2) is 54.9 Å². The van der Waals surface area contributed by atoms with Gasteiger partial charge in [-0.3, -0.25) is 4.79 Å². The van der Waals surface area contributed by atoms with Crippen molar-refractivity contribution in [2.24, 2.45) is 11.3 Å². The summed E-state index contributed by atoms with van der Waals surface area (Å²) in [6, 6.07) is 0. The number of rotatable bonds is 3.